The molecule has 0 aliphatic carbocycles. The van der Waals surface area contributed by atoms with Gasteiger partial charge in [-0.25, -0.2) is 0 Å². The zero-order valence-corrected chi connectivity index (χ0v) is 12.2. The molecule has 0 fully saturated rings. The minimum atomic E-state index is -0.378. The fraction of sp³-hybridized carbons (Fsp3) is 0.429. The second-order valence-electron chi connectivity index (χ2n) is 4.34. The van der Waals surface area contributed by atoms with E-state index in [1.54, 1.807) is 0 Å². The van der Waals surface area contributed by atoms with Gasteiger partial charge in [-0.3, -0.25) is 9.59 Å². The Morgan fingerprint density at radius 3 is 3.05 bits per heavy atom. The van der Waals surface area contributed by atoms with Gasteiger partial charge in [0, 0.05) is 24.5 Å². The SMILES string of the molecule is CCOCCNC(=O)C[C@@H]1Sc2ccccc2NC1=O. The smallest absolute Gasteiger partial charge is 0.238 e. The summed E-state index contributed by atoms with van der Waals surface area (Å²) >= 11 is 1.43. The van der Waals surface area contributed by atoms with Gasteiger partial charge in [-0.2, -0.15) is 0 Å². The molecule has 1 heterocycles. The molecule has 1 atom stereocenters. The van der Waals surface area contributed by atoms with Crippen molar-refractivity contribution in [3.63, 3.8) is 0 Å². The van der Waals surface area contributed by atoms with E-state index in [1.165, 1.54) is 11.8 Å². The summed E-state index contributed by atoms with van der Waals surface area (Å²) < 4.78 is 5.14. The molecule has 2 rings (SSSR count). The number of thioether (sulfide) groups is 1. The first kappa shape index (κ1) is 14.9. The summed E-state index contributed by atoms with van der Waals surface area (Å²) in [5.41, 5.74) is 0.815. The van der Waals surface area contributed by atoms with Crippen LogP contribution in [-0.2, 0) is 14.3 Å². The van der Waals surface area contributed by atoms with E-state index in [4.69, 9.17) is 4.74 Å². The zero-order chi connectivity index (χ0) is 14.4. The van der Waals surface area contributed by atoms with E-state index >= 15 is 0 Å². The molecule has 1 aliphatic heterocycles. The first-order chi connectivity index (χ1) is 9.70. The Morgan fingerprint density at radius 1 is 1.45 bits per heavy atom. The van der Waals surface area contributed by atoms with E-state index in [-0.39, 0.29) is 23.5 Å². The standard InChI is InChI=1S/C14H18N2O3S/c1-2-19-8-7-15-13(17)9-12-14(18)16-10-5-3-4-6-11(10)20-12/h3-6,12H,2,7-9H2,1H3,(H,15,17)(H,16,18)/t12-/m0/s1. The Morgan fingerprint density at radius 2 is 2.25 bits per heavy atom. The van der Waals surface area contributed by atoms with Gasteiger partial charge in [0.2, 0.25) is 11.8 Å². The summed E-state index contributed by atoms with van der Waals surface area (Å²) in [4.78, 5) is 24.7. The van der Waals surface area contributed by atoms with Crippen LogP contribution in [0.15, 0.2) is 29.2 Å². The van der Waals surface area contributed by atoms with Crippen LogP contribution in [-0.4, -0.2) is 36.8 Å². The third-order valence-electron chi connectivity index (χ3n) is 2.85. The molecule has 0 aromatic heterocycles. The van der Waals surface area contributed by atoms with Gasteiger partial charge in [-0.1, -0.05) is 12.1 Å². The highest BCUT2D eigenvalue weighted by molar-refractivity contribution is 8.01. The van der Waals surface area contributed by atoms with Crippen LogP contribution < -0.4 is 10.6 Å². The number of nitrogens with one attached hydrogen (secondary N) is 2. The second-order valence-corrected chi connectivity index (χ2v) is 5.59. The lowest BCUT2D eigenvalue weighted by Crippen LogP contribution is -2.35. The van der Waals surface area contributed by atoms with E-state index in [1.807, 2.05) is 31.2 Å². The monoisotopic (exact) mass is 294 g/mol. The van der Waals surface area contributed by atoms with E-state index < -0.39 is 0 Å². The van der Waals surface area contributed by atoms with Crippen molar-refractivity contribution in [2.75, 3.05) is 25.1 Å². The average Bonchev–Trinajstić information content (AvgIpc) is 2.44. The summed E-state index contributed by atoms with van der Waals surface area (Å²) in [5, 5.41) is 5.20. The predicted molar refractivity (Wildman–Crippen MR) is 78.8 cm³/mol. The second kappa shape index (κ2) is 7.31. The number of carbonyl (C=O) groups is 2. The molecule has 0 saturated carbocycles. The van der Waals surface area contributed by atoms with Crippen LogP contribution in [0.2, 0.25) is 0 Å². The van der Waals surface area contributed by atoms with Crippen LogP contribution in [0.4, 0.5) is 5.69 Å². The fourth-order valence-corrected chi connectivity index (χ4v) is 2.98. The van der Waals surface area contributed by atoms with Crippen molar-refractivity contribution < 1.29 is 14.3 Å². The molecular formula is C14H18N2O3S. The third-order valence-corrected chi connectivity index (χ3v) is 4.13. The molecule has 5 nitrogen and oxygen atoms in total. The van der Waals surface area contributed by atoms with Crippen LogP contribution in [0.3, 0.4) is 0 Å². The van der Waals surface area contributed by atoms with Crippen molar-refractivity contribution in [1.82, 2.24) is 5.32 Å². The highest BCUT2D eigenvalue weighted by Crippen LogP contribution is 2.36. The molecule has 6 heteroatoms. The van der Waals surface area contributed by atoms with Gasteiger partial charge in [-0.05, 0) is 19.1 Å². The number of fused-ring (bicyclic) bond motifs is 1. The van der Waals surface area contributed by atoms with Crippen LogP contribution in [0.1, 0.15) is 13.3 Å². The number of benzene rings is 1. The molecule has 2 N–H and O–H groups in total. The zero-order valence-electron chi connectivity index (χ0n) is 11.3. The topological polar surface area (TPSA) is 67.4 Å². The third kappa shape index (κ3) is 3.98. The van der Waals surface area contributed by atoms with Crippen molar-refractivity contribution in [3.05, 3.63) is 24.3 Å². The first-order valence-corrected chi connectivity index (χ1v) is 7.49. The largest absolute Gasteiger partial charge is 0.380 e. The molecule has 1 aliphatic rings. The molecule has 0 bridgehead atoms. The van der Waals surface area contributed by atoms with E-state index in [2.05, 4.69) is 10.6 Å². The molecule has 2 amide bonds. The van der Waals surface area contributed by atoms with Crippen molar-refractivity contribution in [2.45, 2.75) is 23.5 Å². The van der Waals surface area contributed by atoms with Gasteiger partial charge in [-0.15, -0.1) is 11.8 Å². The van der Waals surface area contributed by atoms with Crippen LogP contribution >= 0.6 is 11.8 Å². The van der Waals surface area contributed by atoms with Crippen molar-refractivity contribution >= 4 is 29.3 Å². The summed E-state index contributed by atoms with van der Waals surface area (Å²) in [6, 6.07) is 7.60. The molecule has 1 aromatic carbocycles. The highest BCUT2D eigenvalue weighted by Gasteiger charge is 2.28. The number of ether oxygens (including phenoxy) is 1. The maximum Gasteiger partial charge on any atom is 0.238 e. The Labute approximate surface area is 122 Å². The normalized spacial score (nSPS) is 17.2. The van der Waals surface area contributed by atoms with Crippen LogP contribution in [0.5, 0.6) is 0 Å². The van der Waals surface area contributed by atoms with Crippen molar-refractivity contribution in [1.29, 1.82) is 0 Å². The highest BCUT2D eigenvalue weighted by atomic mass is 32.2. The number of hydrogen-bond acceptors (Lipinski definition) is 4. The number of carbonyl (C=O) groups excluding carboxylic acids is 2. The van der Waals surface area contributed by atoms with Crippen molar-refractivity contribution in [3.8, 4) is 0 Å². The first-order valence-electron chi connectivity index (χ1n) is 6.61. The summed E-state index contributed by atoms with van der Waals surface area (Å²) in [7, 11) is 0. The number of rotatable bonds is 6. The van der Waals surface area contributed by atoms with Crippen LogP contribution in [0.25, 0.3) is 0 Å². The summed E-state index contributed by atoms with van der Waals surface area (Å²) in [6.45, 7) is 3.51. The predicted octanol–water partition coefficient (Wildman–Crippen LogP) is 1.64. The molecule has 108 valence electrons. The van der Waals surface area contributed by atoms with E-state index in [9.17, 15) is 9.59 Å². The Kier molecular flexibility index (Phi) is 5.43. The lowest BCUT2D eigenvalue weighted by atomic mass is 10.2. The van der Waals surface area contributed by atoms with Crippen LogP contribution in [0, 0.1) is 0 Å². The van der Waals surface area contributed by atoms with Gasteiger partial charge >= 0.3 is 0 Å². The van der Waals surface area contributed by atoms with E-state index in [0.717, 1.165) is 10.6 Å². The quantitative estimate of drug-likeness (QED) is 0.783. The molecule has 0 unspecified atom stereocenters. The summed E-state index contributed by atoms with van der Waals surface area (Å²) in [5.74, 6) is -0.245. The maximum atomic E-state index is 11.9. The van der Waals surface area contributed by atoms with Gasteiger partial charge in [0.25, 0.3) is 0 Å². The Bertz CT molecular complexity index is 493. The number of hydrogen-bond donors (Lipinski definition) is 2. The number of amides is 2. The number of anilines is 1. The fourth-order valence-electron chi connectivity index (χ4n) is 1.87. The van der Waals surface area contributed by atoms with Gasteiger partial charge in [0.15, 0.2) is 0 Å². The molecule has 0 spiro atoms. The molecule has 0 saturated heterocycles. The number of para-hydroxylation sites is 1. The molecular weight excluding hydrogens is 276 g/mol. The Hall–Kier alpha value is -1.53. The maximum absolute atomic E-state index is 11.9. The van der Waals surface area contributed by atoms with Gasteiger partial charge in [0.1, 0.15) is 0 Å². The summed E-state index contributed by atoms with van der Waals surface area (Å²) in [6.07, 6.45) is 0.178. The lowest BCUT2D eigenvalue weighted by Gasteiger charge is -2.23. The lowest BCUT2D eigenvalue weighted by molar-refractivity contribution is -0.124. The minimum absolute atomic E-state index is 0.117. The van der Waals surface area contributed by atoms with Gasteiger partial charge in [0.05, 0.1) is 17.5 Å². The molecule has 20 heavy (non-hydrogen) atoms. The molecule has 0 radical (unpaired) electrons. The Balaban J connectivity index is 1.84. The average molecular weight is 294 g/mol. The van der Waals surface area contributed by atoms with E-state index in [0.29, 0.717) is 19.8 Å². The van der Waals surface area contributed by atoms with Crippen molar-refractivity contribution in [2.24, 2.45) is 0 Å². The molecule has 1 aromatic rings. The minimum Gasteiger partial charge on any atom is -0.380 e. The van der Waals surface area contributed by atoms with Gasteiger partial charge < -0.3 is 15.4 Å².